The van der Waals surface area contributed by atoms with Gasteiger partial charge in [0.15, 0.2) is 11.4 Å². The fourth-order valence-electron chi connectivity index (χ4n) is 3.86. The van der Waals surface area contributed by atoms with E-state index in [-0.39, 0.29) is 17.4 Å². The molecule has 0 saturated carbocycles. The van der Waals surface area contributed by atoms with E-state index in [0.717, 1.165) is 22.9 Å². The van der Waals surface area contributed by atoms with Crippen LogP contribution in [0.3, 0.4) is 0 Å². The molecule has 2 unspecified atom stereocenters. The van der Waals surface area contributed by atoms with Crippen LogP contribution < -0.4 is 5.43 Å². The Bertz CT molecular complexity index is 1080. The number of aromatic nitrogens is 2. The number of aryl methyl sites for hydroxylation is 1. The Labute approximate surface area is 166 Å². The molecule has 2 atom stereocenters. The molecule has 148 valence electrons. The molecule has 0 bridgehead atoms. The van der Waals surface area contributed by atoms with Crippen molar-refractivity contribution in [3.8, 4) is 5.75 Å². The number of fused-ring (bicyclic) bond motifs is 1. The van der Waals surface area contributed by atoms with Crippen LogP contribution >= 0.6 is 0 Å². The summed E-state index contributed by atoms with van der Waals surface area (Å²) in [7, 11) is 1.62. The summed E-state index contributed by atoms with van der Waals surface area (Å²) >= 11 is 0. The smallest absolute Gasteiger partial charge is 0.275 e. The lowest BCUT2D eigenvalue weighted by Gasteiger charge is -2.37. The molecular weight excluding hydrogens is 373 g/mol. The minimum absolute atomic E-state index is 0.129. The monoisotopic (exact) mass is 393 g/mol. The van der Waals surface area contributed by atoms with Gasteiger partial charge in [0.05, 0.1) is 12.2 Å². The van der Waals surface area contributed by atoms with Crippen LogP contribution in [0.15, 0.2) is 59.5 Å². The van der Waals surface area contributed by atoms with Crippen molar-refractivity contribution < 1.29 is 14.3 Å². The van der Waals surface area contributed by atoms with Gasteiger partial charge in [0.2, 0.25) is 5.43 Å². The van der Waals surface area contributed by atoms with Gasteiger partial charge in [-0.15, -0.1) is 0 Å². The van der Waals surface area contributed by atoms with Crippen molar-refractivity contribution in [1.82, 2.24) is 14.7 Å². The second kappa shape index (κ2) is 7.16. The van der Waals surface area contributed by atoms with Gasteiger partial charge in [0.25, 0.3) is 5.91 Å². The standard InChI is InChI=1S/C22H20FN3O3/c1-13-3-5-14(6-4-13)19(15-7-9-16(23)10-8-15)17-12-25(2)22(29)20-21(28)18(27)11-24-26(17)20/h3-11,17,19,28H,12H2,1-2H3. The minimum atomic E-state index is -0.702. The normalized spacial score (nSPS) is 17.1. The fourth-order valence-corrected chi connectivity index (χ4v) is 3.86. The van der Waals surface area contributed by atoms with Gasteiger partial charge >= 0.3 is 0 Å². The minimum Gasteiger partial charge on any atom is -0.502 e. The molecule has 29 heavy (non-hydrogen) atoms. The molecule has 2 aromatic carbocycles. The van der Waals surface area contributed by atoms with E-state index in [4.69, 9.17) is 0 Å². The highest BCUT2D eigenvalue weighted by Crippen LogP contribution is 2.39. The Hall–Kier alpha value is -3.48. The molecule has 1 amide bonds. The Morgan fingerprint density at radius 2 is 1.66 bits per heavy atom. The highest BCUT2D eigenvalue weighted by molar-refractivity contribution is 5.95. The molecule has 1 N–H and O–H groups in total. The van der Waals surface area contributed by atoms with Crippen LogP contribution in [0.25, 0.3) is 0 Å². The lowest BCUT2D eigenvalue weighted by atomic mass is 9.83. The first-order valence-corrected chi connectivity index (χ1v) is 9.25. The van der Waals surface area contributed by atoms with Crippen molar-refractivity contribution in [3.63, 3.8) is 0 Å². The van der Waals surface area contributed by atoms with Crippen molar-refractivity contribution in [2.45, 2.75) is 18.9 Å². The number of amides is 1. The van der Waals surface area contributed by atoms with Gasteiger partial charge in [0.1, 0.15) is 5.82 Å². The van der Waals surface area contributed by atoms with E-state index in [9.17, 15) is 19.1 Å². The summed E-state index contributed by atoms with van der Waals surface area (Å²) in [6.07, 6.45) is 1.02. The van der Waals surface area contributed by atoms with E-state index in [1.807, 2.05) is 31.2 Å². The number of carbonyl (C=O) groups is 1. The number of nitrogens with zero attached hydrogens (tertiary/aromatic N) is 3. The fraction of sp³-hybridized carbons (Fsp3) is 0.227. The predicted molar refractivity (Wildman–Crippen MR) is 106 cm³/mol. The second-order valence-electron chi connectivity index (χ2n) is 7.34. The first kappa shape index (κ1) is 18.9. The van der Waals surface area contributed by atoms with E-state index in [2.05, 4.69) is 5.10 Å². The lowest BCUT2D eigenvalue weighted by Crippen LogP contribution is -2.45. The number of aromatic hydroxyl groups is 1. The van der Waals surface area contributed by atoms with Crippen molar-refractivity contribution in [2.24, 2.45) is 0 Å². The first-order valence-electron chi connectivity index (χ1n) is 9.25. The summed E-state index contributed by atoms with van der Waals surface area (Å²) in [5.74, 6) is -1.69. The number of hydrogen-bond acceptors (Lipinski definition) is 4. The molecule has 0 aliphatic carbocycles. The quantitative estimate of drug-likeness (QED) is 0.743. The number of halogens is 1. The molecule has 7 heteroatoms. The van der Waals surface area contributed by atoms with E-state index in [1.54, 1.807) is 19.2 Å². The van der Waals surface area contributed by atoms with Gasteiger partial charge in [-0.25, -0.2) is 4.39 Å². The second-order valence-corrected chi connectivity index (χ2v) is 7.34. The largest absolute Gasteiger partial charge is 0.502 e. The maximum atomic E-state index is 13.6. The summed E-state index contributed by atoms with van der Waals surface area (Å²) in [6.45, 7) is 2.31. The molecule has 3 aromatic rings. The topological polar surface area (TPSA) is 75.4 Å². The third-order valence-corrected chi connectivity index (χ3v) is 5.36. The van der Waals surface area contributed by atoms with Crippen molar-refractivity contribution >= 4 is 5.91 Å². The summed E-state index contributed by atoms with van der Waals surface area (Å²) in [5, 5.41) is 14.5. The highest BCUT2D eigenvalue weighted by atomic mass is 19.1. The van der Waals surface area contributed by atoms with Crippen LogP contribution in [0.5, 0.6) is 5.75 Å². The zero-order chi connectivity index (χ0) is 20.7. The van der Waals surface area contributed by atoms with Gasteiger partial charge in [0, 0.05) is 19.5 Å². The molecule has 1 aliphatic rings. The number of rotatable bonds is 3. The van der Waals surface area contributed by atoms with Gasteiger partial charge in [-0.05, 0) is 30.2 Å². The Morgan fingerprint density at radius 1 is 1.07 bits per heavy atom. The maximum absolute atomic E-state index is 13.6. The predicted octanol–water partition coefficient (Wildman–Crippen LogP) is 2.86. The number of likely N-dealkylation sites (N-methyl/N-ethyl adjacent to an activating group) is 1. The zero-order valence-electron chi connectivity index (χ0n) is 16.0. The number of hydrogen-bond donors (Lipinski definition) is 1. The molecule has 1 aliphatic heterocycles. The van der Waals surface area contributed by atoms with E-state index in [0.29, 0.717) is 6.54 Å². The summed E-state index contributed by atoms with van der Waals surface area (Å²) in [5.41, 5.74) is 2.07. The molecule has 0 spiro atoms. The number of benzene rings is 2. The molecular formula is C22H20FN3O3. The summed E-state index contributed by atoms with van der Waals surface area (Å²) in [4.78, 5) is 26.0. The summed E-state index contributed by atoms with van der Waals surface area (Å²) < 4.78 is 15.0. The van der Waals surface area contributed by atoms with Crippen LogP contribution in [-0.2, 0) is 0 Å². The van der Waals surface area contributed by atoms with Crippen LogP contribution in [0.4, 0.5) is 4.39 Å². The van der Waals surface area contributed by atoms with Gasteiger partial charge in [-0.1, -0.05) is 42.0 Å². The van der Waals surface area contributed by atoms with Crippen LogP contribution in [-0.4, -0.2) is 39.3 Å². The van der Waals surface area contributed by atoms with Crippen LogP contribution in [0, 0.1) is 12.7 Å². The van der Waals surface area contributed by atoms with E-state index < -0.39 is 23.1 Å². The first-order chi connectivity index (χ1) is 13.9. The van der Waals surface area contributed by atoms with Crippen molar-refractivity contribution in [3.05, 3.63) is 93.2 Å². The molecule has 0 fully saturated rings. The summed E-state index contributed by atoms with van der Waals surface area (Å²) in [6, 6.07) is 13.8. The average Bonchev–Trinajstić information content (AvgIpc) is 2.71. The molecule has 4 rings (SSSR count). The number of carbonyl (C=O) groups excluding carboxylic acids is 1. The molecule has 0 saturated heterocycles. The van der Waals surface area contributed by atoms with Gasteiger partial charge < -0.3 is 10.0 Å². The highest BCUT2D eigenvalue weighted by Gasteiger charge is 2.38. The van der Waals surface area contributed by atoms with Gasteiger partial charge in [-0.2, -0.15) is 5.10 Å². The van der Waals surface area contributed by atoms with Crippen LogP contribution in [0.2, 0.25) is 0 Å². The Morgan fingerprint density at radius 3 is 2.28 bits per heavy atom. The lowest BCUT2D eigenvalue weighted by molar-refractivity contribution is 0.0686. The van der Waals surface area contributed by atoms with Crippen molar-refractivity contribution in [1.29, 1.82) is 0 Å². The average molecular weight is 393 g/mol. The third kappa shape index (κ3) is 3.29. The molecule has 0 radical (unpaired) electrons. The molecule has 2 heterocycles. The van der Waals surface area contributed by atoms with E-state index in [1.165, 1.54) is 21.7 Å². The van der Waals surface area contributed by atoms with Crippen LogP contribution in [0.1, 0.15) is 39.1 Å². The molecule has 6 nitrogen and oxygen atoms in total. The van der Waals surface area contributed by atoms with Gasteiger partial charge in [-0.3, -0.25) is 14.3 Å². The third-order valence-electron chi connectivity index (χ3n) is 5.36. The Kier molecular flexibility index (Phi) is 4.66. The van der Waals surface area contributed by atoms with Crippen molar-refractivity contribution in [2.75, 3.05) is 13.6 Å². The Balaban J connectivity index is 1.93. The molecule has 1 aromatic heterocycles. The van der Waals surface area contributed by atoms with E-state index >= 15 is 0 Å². The SMILES string of the molecule is Cc1ccc(C(c2ccc(F)cc2)C2CN(C)C(=O)c3c(O)c(=O)cnn32)cc1. The zero-order valence-corrected chi connectivity index (χ0v) is 16.0. The maximum Gasteiger partial charge on any atom is 0.275 e.